The van der Waals surface area contributed by atoms with Crippen molar-refractivity contribution in [2.45, 2.75) is 118 Å². The lowest BCUT2D eigenvalue weighted by atomic mass is 9.32. The van der Waals surface area contributed by atoms with Crippen molar-refractivity contribution in [3.63, 3.8) is 0 Å². The molecule has 0 unspecified atom stereocenters. The highest BCUT2D eigenvalue weighted by molar-refractivity contribution is 5.91. The third-order valence-electron chi connectivity index (χ3n) is 17.6. The number of benzene rings is 2. The maximum absolute atomic E-state index is 14.8. The molecule has 0 bridgehead atoms. The van der Waals surface area contributed by atoms with Crippen molar-refractivity contribution in [1.82, 2.24) is 30.6 Å². The molecule has 3 N–H and O–H groups in total. The number of fused-ring (bicyclic) bond motifs is 10. The van der Waals surface area contributed by atoms with Gasteiger partial charge in [0.05, 0.1) is 24.7 Å². The smallest absolute Gasteiger partial charge is 0.244 e. The van der Waals surface area contributed by atoms with Gasteiger partial charge in [0.2, 0.25) is 11.8 Å². The molecule has 2 aromatic heterocycles. The molecular formula is C50H64N6O2. The minimum absolute atomic E-state index is 0.0816. The molecule has 5 aliphatic rings. The van der Waals surface area contributed by atoms with E-state index in [4.69, 9.17) is 0 Å². The average Bonchev–Trinajstić information content (AvgIpc) is 3.93. The monoisotopic (exact) mass is 781 g/mol. The first-order chi connectivity index (χ1) is 27.7. The number of hydrogen-bond acceptors (Lipinski definition) is 4. The van der Waals surface area contributed by atoms with Crippen LogP contribution in [0, 0.1) is 51.2 Å². The summed E-state index contributed by atoms with van der Waals surface area (Å²) in [7, 11) is 0. The summed E-state index contributed by atoms with van der Waals surface area (Å²) in [5.74, 6) is 2.45. The summed E-state index contributed by atoms with van der Waals surface area (Å²) in [5.41, 5.74) is 7.53. The average molecular weight is 781 g/mol. The molecule has 4 saturated carbocycles. The molecule has 306 valence electrons. The van der Waals surface area contributed by atoms with Gasteiger partial charge in [-0.1, -0.05) is 101 Å². The number of hydrogen-bond donors (Lipinski definition) is 3. The summed E-state index contributed by atoms with van der Waals surface area (Å²) >= 11 is 0. The second-order valence-electron chi connectivity index (χ2n) is 20.5. The standard InChI is InChI=1S/C50H64N6O2/c1-32(2)35-21-24-50(45(58)52-30-34-31-56(55-54-34)28-27-51-42(57)20-17-33-13-9-8-10-14-33)26-25-48(6)38(43(35)50)18-19-41-47(5)29-37-36-15-11-12-16-39(36)53-44(37)46(3,4)40(47)22-23-49(41,48)7/h8-17,20,31,35,38,40-41,43,53H,1,18-19,21-30H2,2-7H3,(H,51,57)(H,52,58)/b20-17+/t35-,38+,40-,41+,43+,47-,48+,49+,50-/m0/s1. The van der Waals surface area contributed by atoms with Crippen molar-refractivity contribution >= 4 is 28.8 Å². The molecule has 0 radical (unpaired) electrons. The summed E-state index contributed by atoms with van der Waals surface area (Å²) < 4.78 is 1.74. The van der Waals surface area contributed by atoms with Crippen LogP contribution in [0.3, 0.4) is 0 Å². The van der Waals surface area contributed by atoms with Crippen LogP contribution in [0.1, 0.15) is 115 Å². The number of aromatic amines is 1. The lowest BCUT2D eigenvalue weighted by molar-refractivity contribution is -0.224. The second kappa shape index (κ2) is 14.1. The lowest BCUT2D eigenvalue weighted by Gasteiger charge is -2.72. The van der Waals surface area contributed by atoms with Gasteiger partial charge in [0, 0.05) is 34.6 Å². The summed E-state index contributed by atoms with van der Waals surface area (Å²) in [5, 5.41) is 16.4. The Kier molecular flexibility index (Phi) is 9.48. The number of carbonyl (C=O) groups excluding carboxylic acids is 2. The number of amides is 2. The van der Waals surface area contributed by atoms with E-state index in [1.807, 2.05) is 36.5 Å². The molecule has 2 aromatic carbocycles. The molecule has 2 heterocycles. The fourth-order valence-corrected chi connectivity index (χ4v) is 14.8. The third-order valence-corrected chi connectivity index (χ3v) is 17.6. The topological polar surface area (TPSA) is 105 Å². The van der Waals surface area contributed by atoms with E-state index >= 15 is 0 Å². The maximum Gasteiger partial charge on any atom is 0.244 e. The van der Waals surface area contributed by atoms with Gasteiger partial charge in [0.15, 0.2) is 0 Å². The number of nitrogens with one attached hydrogen (secondary N) is 3. The van der Waals surface area contributed by atoms with Crippen molar-refractivity contribution in [1.29, 1.82) is 0 Å². The van der Waals surface area contributed by atoms with Crippen LogP contribution in [0.5, 0.6) is 0 Å². The second-order valence-corrected chi connectivity index (χ2v) is 20.5. The Morgan fingerprint density at radius 1 is 0.897 bits per heavy atom. The first-order valence-corrected chi connectivity index (χ1v) is 22.1. The normalized spacial score (nSPS) is 34.7. The number of H-pyrrole nitrogens is 1. The van der Waals surface area contributed by atoms with Gasteiger partial charge in [-0.25, -0.2) is 0 Å². The van der Waals surface area contributed by atoms with E-state index in [1.54, 1.807) is 22.4 Å². The highest BCUT2D eigenvalue weighted by Crippen LogP contribution is 2.77. The number of aromatic nitrogens is 4. The van der Waals surface area contributed by atoms with Crippen LogP contribution < -0.4 is 10.6 Å². The number of carbonyl (C=O) groups is 2. The summed E-state index contributed by atoms with van der Waals surface area (Å²) in [4.78, 5) is 31.0. The van der Waals surface area contributed by atoms with E-state index in [0.29, 0.717) is 49.2 Å². The van der Waals surface area contributed by atoms with Gasteiger partial charge < -0.3 is 15.6 Å². The summed E-state index contributed by atoms with van der Waals surface area (Å²) in [6.07, 6.45) is 15.3. The Morgan fingerprint density at radius 2 is 1.67 bits per heavy atom. The SMILES string of the molecule is C=C(C)[C@@H]1CC[C@]2(C(=O)NCc3cn(CCNC(=O)/C=C/c4ccccc4)nn3)CC[C@]3(C)[C@H](CC[C@@H]4[C@@]5(C)Cc6c([nH]c7ccccc67)C(C)(C)[C@@H]5CC[C@]43C)[C@@H]12. The van der Waals surface area contributed by atoms with E-state index in [-0.39, 0.29) is 33.5 Å². The molecule has 8 nitrogen and oxygen atoms in total. The van der Waals surface area contributed by atoms with Gasteiger partial charge in [0.25, 0.3) is 0 Å². The zero-order chi connectivity index (χ0) is 40.7. The fraction of sp³-hybridized carbons (Fsp3) is 0.560. The van der Waals surface area contributed by atoms with Gasteiger partial charge in [0.1, 0.15) is 5.69 Å². The number of allylic oxidation sites excluding steroid dienone is 1. The van der Waals surface area contributed by atoms with Gasteiger partial charge in [-0.05, 0) is 134 Å². The van der Waals surface area contributed by atoms with Crippen LogP contribution in [0.4, 0.5) is 0 Å². The molecule has 4 aromatic rings. The fourth-order valence-electron chi connectivity index (χ4n) is 14.8. The Bertz CT molecular complexity index is 2270. The quantitative estimate of drug-likeness (QED) is 0.116. The van der Waals surface area contributed by atoms with E-state index in [2.05, 4.69) is 98.3 Å². The molecule has 0 spiro atoms. The molecule has 9 atom stereocenters. The third kappa shape index (κ3) is 5.89. The van der Waals surface area contributed by atoms with Crippen molar-refractivity contribution < 1.29 is 9.59 Å². The van der Waals surface area contributed by atoms with Gasteiger partial charge >= 0.3 is 0 Å². The minimum Gasteiger partial charge on any atom is -0.358 e. The minimum atomic E-state index is -0.391. The first kappa shape index (κ1) is 39.0. The van der Waals surface area contributed by atoms with Crippen LogP contribution in [0.15, 0.2) is 79.0 Å². The molecule has 0 saturated heterocycles. The summed E-state index contributed by atoms with van der Waals surface area (Å²) in [6.45, 7) is 21.1. The number of nitrogens with zero attached hydrogens (tertiary/aromatic N) is 3. The lowest BCUT2D eigenvalue weighted by Crippen LogP contribution is -2.67. The highest BCUT2D eigenvalue weighted by Gasteiger charge is 2.72. The number of rotatable bonds is 9. The van der Waals surface area contributed by atoms with E-state index in [9.17, 15) is 9.59 Å². The number of para-hydroxylation sites is 1. The van der Waals surface area contributed by atoms with Gasteiger partial charge in [-0.3, -0.25) is 14.3 Å². The van der Waals surface area contributed by atoms with E-state index < -0.39 is 5.41 Å². The highest BCUT2D eigenvalue weighted by atomic mass is 16.2. The zero-order valence-electron chi connectivity index (χ0n) is 35.7. The van der Waals surface area contributed by atoms with E-state index in [0.717, 1.165) is 43.4 Å². The Morgan fingerprint density at radius 3 is 2.47 bits per heavy atom. The maximum atomic E-state index is 14.8. The molecule has 0 aliphatic heterocycles. The van der Waals surface area contributed by atoms with Crippen LogP contribution in [-0.4, -0.2) is 38.3 Å². The Hall–Kier alpha value is -4.46. The first-order valence-electron chi connectivity index (χ1n) is 22.1. The Balaban J connectivity index is 0.910. The molecule has 2 amide bonds. The van der Waals surface area contributed by atoms with Crippen LogP contribution in [-0.2, 0) is 34.5 Å². The molecule has 58 heavy (non-hydrogen) atoms. The van der Waals surface area contributed by atoms with Gasteiger partial charge in [-0.2, -0.15) is 0 Å². The largest absolute Gasteiger partial charge is 0.358 e. The predicted octanol–water partition coefficient (Wildman–Crippen LogP) is 9.58. The van der Waals surface area contributed by atoms with Crippen LogP contribution >= 0.6 is 0 Å². The molecule has 8 heteroatoms. The summed E-state index contributed by atoms with van der Waals surface area (Å²) in [6, 6.07) is 18.7. The molecular weight excluding hydrogens is 717 g/mol. The molecule has 5 aliphatic carbocycles. The molecule has 4 fully saturated rings. The van der Waals surface area contributed by atoms with Crippen LogP contribution in [0.2, 0.25) is 0 Å². The Labute approximate surface area is 345 Å². The van der Waals surface area contributed by atoms with Crippen molar-refractivity contribution in [2.24, 2.45) is 51.2 Å². The van der Waals surface area contributed by atoms with Crippen molar-refractivity contribution in [3.8, 4) is 0 Å². The predicted molar refractivity (Wildman–Crippen MR) is 231 cm³/mol. The van der Waals surface area contributed by atoms with Crippen LogP contribution in [0.25, 0.3) is 17.0 Å². The van der Waals surface area contributed by atoms with E-state index in [1.165, 1.54) is 47.9 Å². The van der Waals surface area contributed by atoms with Gasteiger partial charge in [-0.15, -0.1) is 5.10 Å². The zero-order valence-corrected chi connectivity index (χ0v) is 35.7. The molecule has 9 rings (SSSR count). The van der Waals surface area contributed by atoms with Crippen molar-refractivity contribution in [2.75, 3.05) is 6.54 Å². The van der Waals surface area contributed by atoms with Crippen molar-refractivity contribution in [3.05, 3.63) is 102 Å².